The minimum Gasteiger partial charge on any atom is -0.299 e. The van der Waals surface area contributed by atoms with Gasteiger partial charge in [-0.2, -0.15) is 13.2 Å². The van der Waals surface area contributed by atoms with Crippen molar-refractivity contribution in [2.24, 2.45) is 0 Å². The molecule has 3 rings (SSSR count). The summed E-state index contributed by atoms with van der Waals surface area (Å²) >= 11 is 7.02. The Kier molecular flexibility index (Phi) is 7.46. The molecule has 172 valence electrons. The number of rotatable bonds is 7. The lowest BCUT2D eigenvalue weighted by Gasteiger charge is -2.17. The molecular weight excluding hydrogens is 471 g/mol. The zero-order chi connectivity index (χ0) is 23.6. The molecule has 0 aliphatic heterocycles. The van der Waals surface area contributed by atoms with E-state index >= 15 is 0 Å². The van der Waals surface area contributed by atoms with Crippen molar-refractivity contribution in [3.05, 3.63) is 62.0 Å². The zero-order valence-electron chi connectivity index (χ0n) is 17.5. The predicted octanol–water partition coefficient (Wildman–Crippen LogP) is 6.29. The van der Waals surface area contributed by atoms with Crippen LogP contribution >= 0.6 is 22.9 Å². The Balaban J connectivity index is 2.09. The summed E-state index contributed by atoms with van der Waals surface area (Å²) in [5.74, 6) is -1.50. The summed E-state index contributed by atoms with van der Waals surface area (Å²) in [5.41, 5.74) is -0.814. The van der Waals surface area contributed by atoms with Crippen LogP contribution < -0.4 is 0 Å². The van der Waals surface area contributed by atoms with E-state index in [1.807, 2.05) is 13.8 Å². The van der Waals surface area contributed by atoms with E-state index in [4.69, 9.17) is 11.6 Å². The average molecular weight is 491 g/mol. The molecule has 2 heterocycles. The fraction of sp³-hybridized carbons (Fsp3) is 0.381. The molecule has 0 amide bonds. The maximum absolute atomic E-state index is 14.4. The highest BCUT2D eigenvalue weighted by Gasteiger charge is 2.32. The first kappa shape index (κ1) is 24.5. The molecule has 0 radical (unpaired) electrons. The van der Waals surface area contributed by atoms with Crippen molar-refractivity contribution in [3.8, 4) is 11.3 Å². The summed E-state index contributed by atoms with van der Waals surface area (Å²) in [6, 6.07) is 2.34. The molecule has 0 saturated heterocycles. The quantitative estimate of drug-likeness (QED) is 0.288. The van der Waals surface area contributed by atoms with E-state index in [0.717, 1.165) is 12.1 Å². The molecule has 0 N–H and O–H groups in total. The number of hydrogen-bond donors (Lipinski definition) is 0. The second-order valence-electron chi connectivity index (χ2n) is 7.07. The van der Waals surface area contributed by atoms with Crippen LogP contribution in [0.5, 0.6) is 0 Å². The van der Waals surface area contributed by atoms with Gasteiger partial charge in [0.25, 0.3) is 0 Å². The smallest absolute Gasteiger partial charge is 0.299 e. The Hall–Kier alpha value is -2.17. The molecule has 0 spiro atoms. The molecule has 0 aliphatic carbocycles. The van der Waals surface area contributed by atoms with E-state index in [-0.39, 0.29) is 34.3 Å². The van der Waals surface area contributed by atoms with Crippen molar-refractivity contribution in [1.29, 1.82) is 0 Å². The van der Waals surface area contributed by atoms with Crippen LogP contribution in [-0.4, -0.2) is 32.9 Å². The normalized spacial score (nSPS) is 12.1. The third-order valence-electron chi connectivity index (χ3n) is 4.81. The molecule has 0 aliphatic rings. The first-order valence-corrected chi connectivity index (χ1v) is 11.0. The van der Waals surface area contributed by atoms with Crippen molar-refractivity contribution in [2.75, 3.05) is 13.1 Å². The molecule has 0 atom stereocenters. The van der Waals surface area contributed by atoms with Gasteiger partial charge in [0.2, 0.25) is 0 Å². The Morgan fingerprint density at radius 2 is 1.72 bits per heavy atom. The van der Waals surface area contributed by atoms with E-state index < -0.39 is 23.4 Å². The van der Waals surface area contributed by atoms with Crippen LogP contribution in [0, 0.1) is 18.6 Å². The largest absolute Gasteiger partial charge is 0.416 e. The second kappa shape index (κ2) is 9.76. The Morgan fingerprint density at radius 3 is 2.34 bits per heavy atom. The van der Waals surface area contributed by atoms with Gasteiger partial charge in [0.05, 0.1) is 22.0 Å². The first-order chi connectivity index (χ1) is 15.0. The van der Waals surface area contributed by atoms with Crippen molar-refractivity contribution >= 4 is 22.9 Å². The molecule has 32 heavy (non-hydrogen) atoms. The van der Waals surface area contributed by atoms with E-state index in [9.17, 15) is 22.0 Å². The zero-order valence-corrected chi connectivity index (χ0v) is 19.1. The van der Waals surface area contributed by atoms with Crippen LogP contribution in [0.25, 0.3) is 11.3 Å². The molecule has 1 aromatic carbocycles. The van der Waals surface area contributed by atoms with Gasteiger partial charge >= 0.3 is 6.18 Å². The van der Waals surface area contributed by atoms with Crippen LogP contribution in [-0.2, 0) is 19.1 Å². The summed E-state index contributed by atoms with van der Waals surface area (Å²) in [7, 11) is 0. The molecule has 2 aromatic heterocycles. The third-order valence-corrected chi connectivity index (χ3v) is 6.10. The van der Waals surface area contributed by atoms with Gasteiger partial charge < -0.3 is 0 Å². The number of halogens is 6. The van der Waals surface area contributed by atoms with Gasteiger partial charge in [-0.1, -0.05) is 25.4 Å². The molecule has 11 heteroatoms. The molecule has 0 saturated carbocycles. The maximum atomic E-state index is 14.4. The number of nitrogens with zero attached hydrogens (tertiary/aromatic N) is 4. The standard InChI is InChI=1S/C21H20ClF5N4S/c1-4-31(5-2)10-16-19(12-6-13(21(25,26)27)8-14(23)7-12)30-17(32-16)9-15-18(24)20(22)29-11(3)28-15/h6-8H,4-5,9-10H2,1-3H3. The molecular formula is C21H20ClF5N4S. The molecule has 0 fully saturated rings. The van der Waals surface area contributed by atoms with Gasteiger partial charge in [-0.05, 0) is 38.2 Å². The lowest BCUT2D eigenvalue weighted by atomic mass is 10.1. The van der Waals surface area contributed by atoms with Crippen molar-refractivity contribution in [2.45, 2.75) is 39.9 Å². The van der Waals surface area contributed by atoms with E-state index in [1.165, 1.54) is 11.3 Å². The Bertz CT molecular complexity index is 1110. The molecule has 0 unspecified atom stereocenters. The van der Waals surface area contributed by atoms with Crippen LogP contribution in [0.4, 0.5) is 22.0 Å². The summed E-state index contributed by atoms with van der Waals surface area (Å²) < 4.78 is 68.1. The summed E-state index contributed by atoms with van der Waals surface area (Å²) in [6.45, 7) is 7.29. The second-order valence-corrected chi connectivity index (χ2v) is 8.59. The van der Waals surface area contributed by atoms with E-state index in [0.29, 0.717) is 35.6 Å². The maximum Gasteiger partial charge on any atom is 0.416 e. The van der Waals surface area contributed by atoms with Crippen LogP contribution in [0.15, 0.2) is 18.2 Å². The summed E-state index contributed by atoms with van der Waals surface area (Å²) in [5, 5.41) is 0.112. The Morgan fingerprint density at radius 1 is 1.03 bits per heavy atom. The fourth-order valence-electron chi connectivity index (χ4n) is 3.19. The number of benzene rings is 1. The van der Waals surface area contributed by atoms with Gasteiger partial charge in [0, 0.05) is 23.4 Å². The predicted molar refractivity (Wildman–Crippen MR) is 114 cm³/mol. The lowest BCUT2D eigenvalue weighted by Crippen LogP contribution is -2.21. The third kappa shape index (κ3) is 5.60. The highest BCUT2D eigenvalue weighted by Crippen LogP contribution is 2.36. The van der Waals surface area contributed by atoms with Crippen LogP contribution in [0.1, 0.15) is 40.8 Å². The number of aryl methyl sites for hydroxylation is 1. The molecule has 3 aromatic rings. The minimum atomic E-state index is -4.70. The number of thiazole rings is 1. The van der Waals surface area contributed by atoms with E-state index in [2.05, 4.69) is 19.9 Å². The van der Waals surface area contributed by atoms with Gasteiger partial charge in [0.15, 0.2) is 11.0 Å². The highest BCUT2D eigenvalue weighted by atomic mass is 35.5. The van der Waals surface area contributed by atoms with E-state index in [1.54, 1.807) is 6.92 Å². The SMILES string of the molecule is CCN(CC)Cc1sc(Cc2nc(C)nc(Cl)c2F)nc1-c1cc(F)cc(C(F)(F)F)c1. The highest BCUT2D eigenvalue weighted by molar-refractivity contribution is 7.12. The van der Waals surface area contributed by atoms with Gasteiger partial charge in [-0.3, -0.25) is 4.90 Å². The average Bonchev–Trinajstić information content (AvgIpc) is 3.11. The van der Waals surface area contributed by atoms with Gasteiger partial charge in [0.1, 0.15) is 11.6 Å². The number of alkyl halides is 3. The first-order valence-electron chi connectivity index (χ1n) is 9.79. The van der Waals surface area contributed by atoms with Gasteiger partial charge in [-0.15, -0.1) is 11.3 Å². The molecule has 0 bridgehead atoms. The van der Waals surface area contributed by atoms with Crippen molar-refractivity contribution < 1.29 is 22.0 Å². The van der Waals surface area contributed by atoms with Crippen molar-refractivity contribution in [1.82, 2.24) is 19.9 Å². The van der Waals surface area contributed by atoms with Crippen LogP contribution in [0.3, 0.4) is 0 Å². The lowest BCUT2D eigenvalue weighted by molar-refractivity contribution is -0.137. The minimum absolute atomic E-state index is 0.0133. The van der Waals surface area contributed by atoms with Crippen molar-refractivity contribution in [3.63, 3.8) is 0 Å². The summed E-state index contributed by atoms with van der Waals surface area (Å²) in [6.07, 6.45) is -4.72. The Labute approximate surface area is 191 Å². The monoisotopic (exact) mass is 490 g/mol. The van der Waals surface area contributed by atoms with Crippen LogP contribution in [0.2, 0.25) is 5.15 Å². The number of aromatic nitrogens is 3. The molecule has 4 nitrogen and oxygen atoms in total. The van der Waals surface area contributed by atoms with Gasteiger partial charge in [-0.25, -0.2) is 23.7 Å². The summed E-state index contributed by atoms with van der Waals surface area (Å²) in [4.78, 5) is 15.0. The number of hydrogen-bond acceptors (Lipinski definition) is 5. The topological polar surface area (TPSA) is 41.9 Å². The fourth-order valence-corrected chi connectivity index (χ4v) is 4.56.